The molecule has 3 atom stereocenters. The van der Waals surface area contributed by atoms with Gasteiger partial charge in [0.1, 0.15) is 17.0 Å². The second-order valence-electron chi connectivity index (χ2n) is 9.19. The summed E-state index contributed by atoms with van der Waals surface area (Å²) < 4.78 is 6.05. The molecule has 0 bridgehead atoms. The topological polar surface area (TPSA) is 107 Å². The van der Waals surface area contributed by atoms with Crippen molar-refractivity contribution in [3.63, 3.8) is 0 Å². The average molecular weight is 463 g/mol. The molecule has 1 aromatic heterocycles. The van der Waals surface area contributed by atoms with E-state index in [4.69, 9.17) is 22.1 Å². The molecular weight excluding hydrogens is 428 g/mol. The van der Waals surface area contributed by atoms with Crippen molar-refractivity contribution in [1.82, 2.24) is 15.3 Å². The van der Waals surface area contributed by atoms with Crippen LogP contribution in [0.4, 0.5) is 0 Å². The van der Waals surface area contributed by atoms with Gasteiger partial charge in [-0.05, 0) is 71.4 Å². The van der Waals surface area contributed by atoms with E-state index < -0.39 is 5.41 Å². The normalized spacial score (nSPS) is 25.0. The number of halogens is 1. The van der Waals surface area contributed by atoms with E-state index in [-0.39, 0.29) is 34.3 Å². The molecule has 2 aliphatic rings. The second-order valence-corrected chi connectivity index (χ2v) is 9.57. The van der Waals surface area contributed by atoms with Crippen molar-refractivity contribution < 1.29 is 14.3 Å². The molecule has 1 aromatic rings. The second kappa shape index (κ2) is 10.8. The molecule has 1 heterocycles. The molecule has 0 amide bonds. The Morgan fingerprint density at radius 2 is 1.97 bits per heavy atom. The molecule has 2 saturated carbocycles. The van der Waals surface area contributed by atoms with Crippen LogP contribution < -0.4 is 15.8 Å². The molecule has 0 saturated heterocycles. The monoisotopic (exact) mass is 462 g/mol. The van der Waals surface area contributed by atoms with Gasteiger partial charge in [-0.3, -0.25) is 9.59 Å². The predicted octanol–water partition coefficient (Wildman–Crippen LogP) is 4.09. The number of rotatable bonds is 8. The lowest BCUT2D eigenvalue weighted by Gasteiger charge is -2.38. The summed E-state index contributed by atoms with van der Waals surface area (Å²) >= 11 is 6.24. The molecule has 32 heavy (non-hydrogen) atoms. The Balaban J connectivity index is 1.83. The predicted molar refractivity (Wildman–Crippen MR) is 125 cm³/mol. The lowest BCUT2D eigenvalue weighted by Crippen LogP contribution is -2.45. The van der Waals surface area contributed by atoms with Crippen LogP contribution in [-0.2, 0) is 9.59 Å². The zero-order chi connectivity index (χ0) is 23.3. The van der Waals surface area contributed by atoms with Crippen LogP contribution in [0.3, 0.4) is 0 Å². The van der Waals surface area contributed by atoms with Gasteiger partial charge >= 0.3 is 0 Å². The maximum absolute atomic E-state index is 13.4. The van der Waals surface area contributed by atoms with E-state index in [1.165, 1.54) is 0 Å². The third kappa shape index (κ3) is 5.31. The number of nitrogens with one attached hydrogen (secondary N) is 1. The SMILES string of the molecule is CNCCC[C@H](C)[C@H](C)Oc1cc(Cl)nc(C(N)=C2CCC[C@@]3(CCCCC3=O)C2=O)n1. The first-order valence-corrected chi connectivity index (χ1v) is 12.1. The molecule has 176 valence electrons. The maximum Gasteiger partial charge on any atom is 0.218 e. The minimum atomic E-state index is -0.911. The Kier molecular flexibility index (Phi) is 8.28. The van der Waals surface area contributed by atoms with Crippen LogP contribution in [0.25, 0.3) is 5.70 Å². The first kappa shape index (κ1) is 24.6. The molecule has 0 aromatic carbocycles. The van der Waals surface area contributed by atoms with E-state index in [1.54, 1.807) is 6.07 Å². The van der Waals surface area contributed by atoms with Gasteiger partial charge in [0.05, 0.1) is 11.1 Å². The van der Waals surface area contributed by atoms with Gasteiger partial charge in [0.2, 0.25) is 5.88 Å². The minimum absolute atomic E-state index is 0.0517. The van der Waals surface area contributed by atoms with Crippen LogP contribution in [0.15, 0.2) is 11.6 Å². The lowest BCUT2D eigenvalue weighted by molar-refractivity contribution is -0.143. The fraction of sp³-hybridized carbons (Fsp3) is 0.667. The van der Waals surface area contributed by atoms with E-state index in [1.807, 2.05) is 14.0 Å². The average Bonchev–Trinajstić information content (AvgIpc) is 2.76. The molecule has 0 radical (unpaired) electrons. The molecule has 3 N–H and O–H groups in total. The van der Waals surface area contributed by atoms with Crippen molar-refractivity contribution in [3.8, 4) is 5.88 Å². The molecule has 8 heteroatoms. The summed E-state index contributed by atoms with van der Waals surface area (Å²) in [5, 5.41) is 3.36. The van der Waals surface area contributed by atoms with E-state index in [0.717, 1.165) is 38.6 Å². The molecule has 0 unspecified atom stereocenters. The summed E-state index contributed by atoms with van der Waals surface area (Å²) in [4.78, 5) is 34.8. The third-order valence-corrected chi connectivity index (χ3v) is 7.16. The van der Waals surface area contributed by atoms with Gasteiger partial charge < -0.3 is 15.8 Å². The van der Waals surface area contributed by atoms with Crippen molar-refractivity contribution in [2.75, 3.05) is 13.6 Å². The van der Waals surface area contributed by atoms with Crippen molar-refractivity contribution >= 4 is 28.9 Å². The number of aromatic nitrogens is 2. The number of hydrogen-bond donors (Lipinski definition) is 2. The number of nitrogens with zero attached hydrogens (tertiary/aromatic N) is 2. The number of carbonyl (C=O) groups is 2. The zero-order valence-electron chi connectivity index (χ0n) is 19.4. The highest BCUT2D eigenvalue weighted by Gasteiger charge is 2.49. The molecule has 2 aliphatic carbocycles. The van der Waals surface area contributed by atoms with Gasteiger partial charge in [0.15, 0.2) is 11.6 Å². The Hall–Kier alpha value is -1.99. The Labute approximate surface area is 195 Å². The zero-order valence-corrected chi connectivity index (χ0v) is 20.1. The third-order valence-electron chi connectivity index (χ3n) is 6.96. The van der Waals surface area contributed by atoms with Gasteiger partial charge in [-0.2, -0.15) is 4.98 Å². The summed E-state index contributed by atoms with van der Waals surface area (Å²) in [6.45, 7) is 5.11. The minimum Gasteiger partial charge on any atom is -0.474 e. The van der Waals surface area contributed by atoms with E-state index in [9.17, 15) is 9.59 Å². The van der Waals surface area contributed by atoms with Crippen molar-refractivity contribution in [3.05, 3.63) is 22.6 Å². The molecule has 0 aliphatic heterocycles. The fourth-order valence-corrected chi connectivity index (χ4v) is 4.96. The Morgan fingerprint density at radius 3 is 2.69 bits per heavy atom. The number of ketones is 2. The first-order chi connectivity index (χ1) is 15.3. The Morgan fingerprint density at radius 1 is 1.22 bits per heavy atom. The number of hydrogen-bond acceptors (Lipinski definition) is 7. The number of allylic oxidation sites excluding steroid dienone is 1. The van der Waals surface area contributed by atoms with E-state index >= 15 is 0 Å². The van der Waals surface area contributed by atoms with Crippen LogP contribution in [0.5, 0.6) is 5.88 Å². The van der Waals surface area contributed by atoms with Crippen LogP contribution in [0, 0.1) is 11.3 Å². The standard InChI is InChI=1S/C24H35ClN4O3/c1-15(8-7-13-27-3)16(2)32-20-14-19(25)28-23(29-20)21(26)17-9-6-12-24(22(17)31)11-5-4-10-18(24)30/h14-16,27H,4-13,26H2,1-3H3/t15-,16-,24+/m0/s1. The number of carbonyl (C=O) groups excluding carboxylic acids is 2. The largest absolute Gasteiger partial charge is 0.474 e. The van der Waals surface area contributed by atoms with Crippen molar-refractivity contribution in [2.45, 2.75) is 77.7 Å². The van der Waals surface area contributed by atoms with Crippen molar-refractivity contribution in [1.29, 1.82) is 0 Å². The van der Waals surface area contributed by atoms with E-state index in [0.29, 0.717) is 43.1 Å². The van der Waals surface area contributed by atoms with Crippen LogP contribution in [-0.4, -0.2) is 41.2 Å². The van der Waals surface area contributed by atoms with Crippen LogP contribution in [0.1, 0.15) is 77.5 Å². The Bertz CT molecular complexity index is 884. The highest BCUT2D eigenvalue weighted by molar-refractivity contribution is 6.29. The number of ether oxygens (including phenoxy) is 1. The summed E-state index contributed by atoms with van der Waals surface area (Å²) in [7, 11) is 1.94. The van der Waals surface area contributed by atoms with Crippen molar-refractivity contribution in [2.24, 2.45) is 17.1 Å². The van der Waals surface area contributed by atoms with Crippen LogP contribution >= 0.6 is 11.6 Å². The van der Waals surface area contributed by atoms with E-state index in [2.05, 4.69) is 22.2 Å². The summed E-state index contributed by atoms with van der Waals surface area (Å²) in [6, 6.07) is 1.56. The van der Waals surface area contributed by atoms with Gasteiger partial charge in [-0.15, -0.1) is 0 Å². The van der Waals surface area contributed by atoms with Gasteiger partial charge in [-0.1, -0.05) is 24.9 Å². The fourth-order valence-electron chi connectivity index (χ4n) is 4.79. The summed E-state index contributed by atoms with van der Waals surface area (Å²) in [5.41, 5.74) is 6.15. The maximum atomic E-state index is 13.4. The highest BCUT2D eigenvalue weighted by Crippen LogP contribution is 2.45. The summed E-state index contributed by atoms with van der Waals surface area (Å²) in [5.74, 6) is 0.752. The van der Waals surface area contributed by atoms with Gasteiger partial charge in [-0.25, -0.2) is 4.98 Å². The van der Waals surface area contributed by atoms with Gasteiger partial charge in [0.25, 0.3) is 0 Å². The molecular formula is C24H35ClN4O3. The lowest BCUT2D eigenvalue weighted by atomic mass is 9.62. The smallest absolute Gasteiger partial charge is 0.218 e. The molecule has 2 fully saturated rings. The highest BCUT2D eigenvalue weighted by atomic mass is 35.5. The van der Waals surface area contributed by atoms with Crippen LogP contribution in [0.2, 0.25) is 5.15 Å². The molecule has 7 nitrogen and oxygen atoms in total. The molecule has 1 spiro atoms. The number of nitrogens with two attached hydrogens (primary N) is 1. The summed E-state index contributed by atoms with van der Waals surface area (Å²) in [6.07, 6.45) is 6.70. The van der Waals surface area contributed by atoms with Gasteiger partial charge in [0, 0.05) is 18.1 Å². The first-order valence-electron chi connectivity index (χ1n) is 11.7. The molecule has 3 rings (SSSR count). The quantitative estimate of drug-likeness (QED) is 0.259. The number of Topliss-reactive ketones (excluding diaryl/α,β-unsaturated/α-hetero) is 2.